The van der Waals surface area contributed by atoms with Crippen LogP contribution < -0.4 is 16.0 Å². The topological polar surface area (TPSA) is 70.2 Å². The van der Waals surface area contributed by atoms with E-state index >= 15 is 0 Å². The van der Waals surface area contributed by atoms with E-state index in [1.807, 2.05) is 31.2 Å². The molecule has 1 heterocycles. The third kappa shape index (κ3) is 3.79. The van der Waals surface area contributed by atoms with E-state index in [1.54, 1.807) is 6.92 Å². The predicted octanol–water partition coefficient (Wildman–Crippen LogP) is 0.800. The van der Waals surface area contributed by atoms with E-state index in [0.717, 1.165) is 11.3 Å². The highest BCUT2D eigenvalue weighted by molar-refractivity contribution is 5.94. The molecule has 2 amide bonds. The van der Waals surface area contributed by atoms with Gasteiger partial charge in [-0.05, 0) is 26.0 Å². The Morgan fingerprint density at radius 1 is 1.37 bits per heavy atom. The van der Waals surface area contributed by atoms with Gasteiger partial charge in [0.2, 0.25) is 11.8 Å². The molecule has 1 aromatic carbocycles. The van der Waals surface area contributed by atoms with Crippen molar-refractivity contribution in [3.05, 3.63) is 29.8 Å². The lowest BCUT2D eigenvalue weighted by Crippen LogP contribution is -2.44. The quantitative estimate of drug-likeness (QED) is 0.751. The van der Waals surface area contributed by atoms with Crippen molar-refractivity contribution in [2.45, 2.75) is 32.4 Å². The summed E-state index contributed by atoms with van der Waals surface area (Å²) in [5.74, 6) is -0.0631. The summed E-state index contributed by atoms with van der Waals surface area (Å²) in [4.78, 5) is 23.1. The summed E-state index contributed by atoms with van der Waals surface area (Å²) in [7, 11) is 0. The SMILES string of the molecule is Cc1ccc(NC(=O)C(C)NC2CNC(=O)C2)cc1. The smallest absolute Gasteiger partial charge is 0.241 e. The molecule has 1 aliphatic rings. The maximum absolute atomic E-state index is 12.0. The lowest BCUT2D eigenvalue weighted by molar-refractivity contribution is -0.120. The zero-order valence-electron chi connectivity index (χ0n) is 11.2. The number of carbonyl (C=O) groups is 2. The van der Waals surface area contributed by atoms with Gasteiger partial charge in [0.25, 0.3) is 0 Å². The minimum atomic E-state index is -0.334. The fourth-order valence-electron chi connectivity index (χ4n) is 2.04. The third-order valence-corrected chi connectivity index (χ3v) is 3.18. The molecule has 1 fully saturated rings. The average Bonchev–Trinajstić information content (AvgIpc) is 2.77. The number of benzene rings is 1. The fourth-order valence-corrected chi connectivity index (χ4v) is 2.04. The highest BCUT2D eigenvalue weighted by Crippen LogP contribution is 2.09. The molecule has 5 heteroatoms. The summed E-state index contributed by atoms with van der Waals surface area (Å²) >= 11 is 0. The van der Waals surface area contributed by atoms with Crippen LogP contribution in [0.15, 0.2) is 24.3 Å². The summed E-state index contributed by atoms with van der Waals surface area (Å²) < 4.78 is 0. The van der Waals surface area contributed by atoms with Gasteiger partial charge in [-0.3, -0.25) is 9.59 Å². The molecule has 102 valence electrons. The van der Waals surface area contributed by atoms with Crippen LogP contribution in [0, 0.1) is 6.92 Å². The number of nitrogens with one attached hydrogen (secondary N) is 3. The molecular weight excluding hydrogens is 242 g/mol. The largest absolute Gasteiger partial charge is 0.354 e. The minimum absolute atomic E-state index is 0.0312. The Hall–Kier alpha value is -1.88. The van der Waals surface area contributed by atoms with Gasteiger partial charge in [0, 0.05) is 24.7 Å². The van der Waals surface area contributed by atoms with Gasteiger partial charge >= 0.3 is 0 Å². The molecule has 0 aromatic heterocycles. The van der Waals surface area contributed by atoms with E-state index < -0.39 is 0 Å². The van der Waals surface area contributed by atoms with Crippen molar-refractivity contribution < 1.29 is 9.59 Å². The van der Waals surface area contributed by atoms with Gasteiger partial charge < -0.3 is 16.0 Å². The lowest BCUT2D eigenvalue weighted by atomic mass is 10.2. The second-order valence-electron chi connectivity index (χ2n) is 4.95. The van der Waals surface area contributed by atoms with E-state index in [4.69, 9.17) is 0 Å². The van der Waals surface area contributed by atoms with Gasteiger partial charge in [-0.15, -0.1) is 0 Å². The summed E-state index contributed by atoms with van der Waals surface area (Å²) in [6.45, 7) is 4.38. The molecule has 5 nitrogen and oxygen atoms in total. The molecule has 3 N–H and O–H groups in total. The van der Waals surface area contributed by atoms with Crippen molar-refractivity contribution in [2.24, 2.45) is 0 Å². The molecule has 1 saturated heterocycles. The standard InChI is InChI=1S/C14H19N3O2/c1-9-3-5-11(6-4-9)17-14(19)10(2)16-12-7-13(18)15-8-12/h3-6,10,12,16H,7-8H2,1-2H3,(H,15,18)(H,17,19). The van der Waals surface area contributed by atoms with Gasteiger partial charge in [0.05, 0.1) is 6.04 Å². The van der Waals surface area contributed by atoms with Crippen LogP contribution in [0.25, 0.3) is 0 Å². The first-order valence-electron chi connectivity index (χ1n) is 6.45. The van der Waals surface area contributed by atoms with E-state index in [1.165, 1.54) is 0 Å². The maximum atomic E-state index is 12.0. The Morgan fingerprint density at radius 3 is 2.63 bits per heavy atom. The van der Waals surface area contributed by atoms with E-state index in [-0.39, 0.29) is 23.9 Å². The average molecular weight is 261 g/mol. The monoisotopic (exact) mass is 261 g/mol. The van der Waals surface area contributed by atoms with Crippen LogP contribution in [0.2, 0.25) is 0 Å². The molecule has 0 spiro atoms. The Balaban J connectivity index is 1.85. The molecule has 0 radical (unpaired) electrons. The first kappa shape index (κ1) is 13.5. The second-order valence-corrected chi connectivity index (χ2v) is 4.95. The van der Waals surface area contributed by atoms with Crippen LogP contribution in [-0.4, -0.2) is 30.4 Å². The minimum Gasteiger partial charge on any atom is -0.354 e. The molecule has 2 rings (SSSR count). The second kappa shape index (κ2) is 5.84. The van der Waals surface area contributed by atoms with Crippen LogP contribution in [0.4, 0.5) is 5.69 Å². The molecule has 1 aromatic rings. The Morgan fingerprint density at radius 2 is 2.05 bits per heavy atom. The summed E-state index contributed by atoms with van der Waals surface area (Å²) in [6, 6.07) is 7.35. The van der Waals surface area contributed by atoms with E-state index in [0.29, 0.717) is 13.0 Å². The lowest BCUT2D eigenvalue weighted by Gasteiger charge is -2.17. The number of amides is 2. The van der Waals surface area contributed by atoms with Gasteiger partial charge in [-0.1, -0.05) is 17.7 Å². The highest BCUT2D eigenvalue weighted by Gasteiger charge is 2.24. The molecule has 0 bridgehead atoms. The number of aryl methyl sites for hydroxylation is 1. The molecule has 19 heavy (non-hydrogen) atoms. The van der Waals surface area contributed by atoms with Crippen molar-refractivity contribution in [1.29, 1.82) is 0 Å². The molecule has 0 aliphatic carbocycles. The van der Waals surface area contributed by atoms with Gasteiger partial charge in [-0.2, -0.15) is 0 Å². The Kier molecular flexibility index (Phi) is 4.16. The molecule has 1 aliphatic heterocycles. The van der Waals surface area contributed by atoms with Gasteiger partial charge in [0.1, 0.15) is 0 Å². The van der Waals surface area contributed by atoms with Crippen molar-refractivity contribution in [3.8, 4) is 0 Å². The first-order chi connectivity index (χ1) is 9.04. The van der Waals surface area contributed by atoms with E-state index in [2.05, 4.69) is 16.0 Å². The number of hydrogen-bond acceptors (Lipinski definition) is 3. The van der Waals surface area contributed by atoms with Crippen LogP contribution in [-0.2, 0) is 9.59 Å². The van der Waals surface area contributed by atoms with Crippen molar-refractivity contribution in [3.63, 3.8) is 0 Å². The van der Waals surface area contributed by atoms with Crippen LogP contribution in [0.1, 0.15) is 18.9 Å². The van der Waals surface area contributed by atoms with Crippen LogP contribution >= 0.6 is 0 Å². The van der Waals surface area contributed by atoms with Gasteiger partial charge in [-0.25, -0.2) is 0 Å². The van der Waals surface area contributed by atoms with Crippen LogP contribution in [0.5, 0.6) is 0 Å². The zero-order chi connectivity index (χ0) is 13.8. The van der Waals surface area contributed by atoms with Crippen LogP contribution in [0.3, 0.4) is 0 Å². The van der Waals surface area contributed by atoms with E-state index in [9.17, 15) is 9.59 Å². The third-order valence-electron chi connectivity index (χ3n) is 3.18. The Labute approximate surface area is 112 Å². The van der Waals surface area contributed by atoms with Gasteiger partial charge in [0.15, 0.2) is 0 Å². The van der Waals surface area contributed by atoms with Crippen molar-refractivity contribution >= 4 is 17.5 Å². The molecule has 2 atom stereocenters. The molecular formula is C14H19N3O2. The number of rotatable bonds is 4. The highest BCUT2D eigenvalue weighted by atomic mass is 16.2. The van der Waals surface area contributed by atoms with Crippen molar-refractivity contribution in [1.82, 2.24) is 10.6 Å². The predicted molar refractivity (Wildman–Crippen MR) is 73.8 cm³/mol. The normalized spacial score (nSPS) is 19.9. The first-order valence-corrected chi connectivity index (χ1v) is 6.45. The number of hydrogen-bond donors (Lipinski definition) is 3. The zero-order valence-corrected chi connectivity index (χ0v) is 11.2. The summed E-state index contributed by atoms with van der Waals surface area (Å²) in [6.07, 6.45) is 0.433. The maximum Gasteiger partial charge on any atom is 0.241 e. The van der Waals surface area contributed by atoms with Crippen molar-refractivity contribution in [2.75, 3.05) is 11.9 Å². The Bertz CT molecular complexity index is 470. The molecule has 2 unspecified atom stereocenters. The summed E-state index contributed by atoms with van der Waals surface area (Å²) in [5.41, 5.74) is 1.93. The summed E-state index contributed by atoms with van der Waals surface area (Å²) in [5, 5.41) is 8.73. The molecule has 0 saturated carbocycles. The number of carbonyl (C=O) groups excluding carboxylic acids is 2. The fraction of sp³-hybridized carbons (Fsp3) is 0.429. The number of anilines is 1.